The Morgan fingerprint density at radius 3 is 0.920 bits per heavy atom. The number of hydrogen-bond donors (Lipinski definition) is 6. The van der Waals surface area contributed by atoms with Gasteiger partial charge in [0.25, 0.3) is 0 Å². The second-order valence-electron chi connectivity index (χ2n) is 1.95. The third-order valence-electron chi connectivity index (χ3n) is 0.534. The van der Waals surface area contributed by atoms with Crippen molar-refractivity contribution in [3.05, 3.63) is 39.2 Å². The van der Waals surface area contributed by atoms with Crippen molar-refractivity contribution in [2.75, 3.05) is 13.2 Å². The highest BCUT2D eigenvalue weighted by molar-refractivity contribution is 5.57. The van der Waals surface area contributed by atoms with Crippen molar-refractivity contribution in [1.29, 1.82) is 0 Å². The summed E-state index contributed by atoms with van der Waals surface area (Å²) in [6, 6.07) is 0. The van der Waals surface area contributed by atoms with Crippen molar-refractivity contribution in [3.8, 4) is 0 Å². The molecule has 13 heteroatoms. The quantitative estimate of drug-likeness (QED) is 0.237. The van der Waals surface area contributed by atoms with Gasteiger partial charge in [-0.1, -0.05) is 6.58 Å². The minimum atomic E-state index is -1.83. The highest BCUT2D eigenvalue weighted by atomic mass is 19.1. The van der Waals surface area contributed by atoms with Crippen LogP contribution >= 0.6 is 0 Å². The van der Waals surface area contributed by atoms with E-state index in [1.807, 2.05) is 0 Å². The van der Waals surface area contributed by atoms with Crippen molar-refractivity contribution >= 4 is 24.6 Å². The third-order valence-corrected chi connectivity index (χ3v) is 0.534. The fourth-order valence-electron chi connectivity index (χ4n) is 0.258. The number of rotatable bonds is 3. The van der Waals surface area contributed by atoms with E-state index in [2.05, 4.69) is 42.4 Å². The van der Waals surface area contributed by atoms with Crippen molar-refractivity contribution < 1.29 is 63.7 Å². The summed E-state index contributed by atoms with van der Waals surface area (Å²) in [6.07, 6.45) is -6.32. The van der Waals surface area contributed by atoms with Gasteiger partial charge in [-0.2, -0.15) is 0 Å². The summed E-state index contributed by atoms with van der Waals surface area (Å²) in [5, 5.41) is 43.6. The molecule has 25 heavy (non-hydrogen) atoms. The minimum absolute atomic E-state index is 0.250. The van der Waals surface area contributed by atoms with E-state index < -0.39 is 24.6 Å². The smallest absolute Gasteiger partial charge is 0.450 e. The maximum Gasteiger partial charge on any atom is 0.505 e. The Balaban J connectivity index is -0.0000000505. The van der Waals surface area contributed by atoms with Crippen LogP contribution in [-0.2, 0) is 9.47 Å². The van der Waals surface area contributed by atoms with Gasteiger partial charge in [-0.05, 0) is 0 Å². The first-order chi connectivity index (χ1) is 11.5. The van der Waals surface area contributed by atoms with E-state index in [1.54, 1.807) is 0 Å². The molecule has 0 aliphatic heterocycles. The second-order valence-corrected chi connectivity index (χ2v) is 1.95. The first-order valence-corrected chi connectivity index (χ1v) is 5.27. The largest absolute Gasteiger partial charge is 0.505 e. The molecule has 6 N–H and O–H groups in total. The van der Waals surface area contributed by atoms with Crippen LogP contribution in [0.3, 0.4) is 0 Å². The Morgan fingerprint density at radius 1 is 0.720 bits per heavy atom. The van der Waals surface area contributed by atoms with Crippen LogP contribution in [0.2, 0.25) is 0 Å². The molecule has 0 aliphatic rings. The van der Waals surface area contributed by atoms with Crippen molar-refractivity contribution in [1.82, 2.24) is 0 Å². The van der Waals surface area contributed by atoms with Crippen molar-refractivity contribution in [2.45, 2.75) is 0 Å². The van der Waals surface area contributed by atoms with Gasteiger partial charge in [-0.25, -0.2) is 23.6 Å². The number of hydrogen-bond acceptors (Lipinski definition) is 6. The van der Waals surface area contributed by atoms with Crippen LogP contribution in [0.1, 0.15) is 0 Å². The summed E-state index contributed by atoms with van der Waals surface area (Å²) >= 11 is 0. The van der Waals surface area contributed by atoms with Crippen LogP contribution in [-0.4, -0.2) is 68.5 Å². The Bertz CT molecular complexity index is 307. The standard InChI is InChI=1S/C4H6O6.C2H3F.2C2H4.2CH2O3/c5-3(6)9-1-2-10-4(7)8;1-2-3;2*1-2;2*2-1(3)4/h1-2H2,(H,5,6)(H,7,8);2H,1H2;2*1-2H2;2*(H2,2,3,4). The van der Waals surface area contributed by atoms with Gasteiger partial charge < -0.3 is 40.1 Å². The molecule has 0 aliphatic carbocycles. The van der Waals surface area contributed by atoms with Gasteiger partial charge in [0.15, 0.2) is 0 Å². The van der Waals surface area contributed by atoms with Crippen molar-refractivity contribution in [2.24, 2.45) is 0 Å². The van der Waals surface area contributed by atoms with E-state index >= 15 is 0 Å². The summed E-state index contributed by atoms with van der Waals surface area (Å²) < 4.78 is 17.9. The van der Waals surface area contributed by atoms with Crippen LogP contribution in [0.25, 0.3) is 0 Å². The second kappa shape index (κ2) is 42.7. The molecule has 0 heterocycles. The van der Waals surface area contributed by atoms with E-state index in [1.165, 1.54) is 0 Å². The van der Waals surface area contributed by atoms with Gasteiger partial charge >= 0.3 is 24.6 Å². The van der Waals surface area contributed by atoms with E-state index in [0.717, 1.165) is 0 Å². The predicted molar refractivity (Wildman–Crippen MR) is 83.1 cm³/mol. The molecule has 0 atom stereocenters. The van der Waals surface area contributed by atoms with Gasteiger partial charge in [0, 0.05) is 0 Å². The number of ether oxygens (including phenoxy) is 2. The summed E-state index contributed by atoms with van der Waals surface area (Å²) in [5.74, 6) is 0. The lowest BCUT2D eigenvalue weighted by Gasteiger charge is -1.98. The normalized spacial score (nSPS) is 6.12. The minimum Gasteiger partial charge on any atom is -0.450 e. The molecule has 0 saturated carbocycles. The monoisotopic (exact) mass is 376 g/mol. The molecule has 0 bridgehead atoms. The Morgan fingerprint density at radius 2 is 0.840 bits per heavy atom. The number of carboxylic acid groups (broad SMARTS) is 6. The molecule has 0 saturated heterocycles. The van der Waals surface area contributed by atoms with Gasteiger partial charge in [0.2, 0.25) is 0 Å². The van der Waals surface area contributed by atoms with Crippen molar-refractivity contribution in [3.63, 3.8) is 0 Å². The highest BCUT2D eigenvalue weighted by Gasteiger charge is 1.98. The van der Waals surface area contributed by atoms with Gasteiger partial charge in [0.1, 0.15) is 13.2 Å². The van der Waals surface area contributed by atoms with Gasteiger partial charge in [-0.15, -0.1) is 26.3 Å². The molecule has 0 aromatic rings. The topological polar surface area (TPSA) is 208 Å². The molecule has 0 rings (SSSR count). The summed E-state index contributed by atoms with van der Waals surface area (Å²) in [7, 11) is 0. The zero-order chi connectivity index (χ0) is 21.8. The molecule has 0 radical (unpaired) electrons. The Labute approximate surface area is 142 Å². The number of carbonyl (C=O) groups is 4. The molecular weight excluding hydrogens is 355 g/mol. The zero-order valence-corrected chi connectivity index (χ0v) is 13.0. The molecule has 148 valence electrons. The Kier molecular flexibility index (Phi) is 64.0. The first kappa shape index (κ1) is 37.5. The average Bonchev–Trinajstić information content (AvgIpc) is 2.47. The lowest BCUT2D eigenvalue weighted by atomic mass is 10.8. The molecule has 0 fully saturated rings. The molecule has 0 aromatic heterocycles. The van der Waals surface area contributed by atoms with E-state index in [4.69, 9.17) is 40.2 Å². The lowest BCUT2D eigenvalue weighted by Crippen LogP contribution is -2.10. The average molecular weight is 376 g/mol. The summed E-state index contributed by atoms with van der Waals surface area (Å²) in [5.41, 5.74) is 0. The summed E-state index contributed by atoms with van der Waals surface area (Å²) in [6.45, 7) is 14.1. The molecule has 0 amide bonds. The highest BCUT2D eigenvalue weighted by Crippen LogP contribution is 1.79. The van der Waals surface area contributed by atoms with E-state index in [-0.39, 0.29) is 19.5 Å². The van der Waals surface area contributed by atoms with Gasteiger partial charge in [0.05, 0.1) is 6.33 Å². The van der Waals surface area contributed by atoms with Gasteiger partial charge in [-0.3, -0.25) is 0 Å². The molecular formula is C12H21FO12. The van der Waals surface area contributed by atoms with E-state index in [9.17, 15) is 14.0 Å². The predicted octanol–water partition coefficient (Wildman–Crippen LogP) is 3.52. The third kappa shape index (κ3) is 644. The fourth-order valence-corrected chi connectivity index (χ4v) is 0.258. The fraction of sp³-hybridized carbons (Fsp3) is 0.167. The van der Waals surface area contributed by atoms with E-state index in [0.29, 0.717) is 0 Å². The Hall–Kier alpha value is -3.77. The zero-order valence-electron chi connectivity index (χ0n) is 13.0. The molecule has 0 unspecified atom stereocenters. The van der Waals surface area contributed by atoms with Crippen LogP contribution in [0.15, 0.2) is 39.2 Å². The first-order valence-electron chi connectivity index (χ1n) is 5.27. The van der Waals surface area contributed by atoms with Crippen LogP contribution in [0.4, 0.5) is 23.6 Å². The maximum atomic E-state index is 10.1. The number of halogens is 1. The van der Waals surface area contributed by atoms with Crippen LogP contribution < -0.4 is 0 Å². The van der Waals surface area contributed by atoms with Crippen LogP contribution in [0, 0.1) is 0 Å². The molecule has 0 spiro atoms. The maximum absolute atomic E-state index is 10.1. The van der Waals surface area contributed by atoms with Crippen LogP contribution in [0.5, 0.6) is 0 Å². The SMILES string of the molecule is C=C.C=C.C=CF.O=C(O)O.O=C(O)O.O=C(O)OCCOC(=O)O. The molecule has 12 nitrogen and oxygen atoms in total. The lowest BCUT2D eigenvalue weighted by molar-refractivity contribution is 0.0472. The summed E-state index contributed by atoms with van der Waals surface area (Å²) in [4.78, 5) is 36.3. The molecule has 0 aromatic carbocycles.